The van der Waals surface area contributed by atoms with Gasteiger partial charge in [0.2, 0.25) is 0 Å². The number of aliphatic hydroxyl groups is 1. The van der Waals surface area contributed by atoms with E-state index in [4.69, 9.17) is 4.74 Å². The zero-order valence-electron chi connectivity index (χ0n) is 20.6. The molecular weight excluding hydrogens is 440 g/mol. The van der Waals surface area contributed by atoms with E-state index in [1.54, 1.807) is 24.3 Å². The van der Waals surface area contributed by atoms with Crippen molar-refractivity contribution in [3.05, 3.63) is 95.1 Å². The third kappa shape index (κ3) is 4.64. The van der Waals surface area contributed by atoms with Crippen molar-refractivity contribution in [2.75, 3.05) is 23.9 Å². The van der Waals surface area contributed by atoms with Crippen LogP contribution in [-0.2, 0) is 9.59 Å². The maximum atomic E-state index is 13.3. The molecule has 180 valence electrons. The van der Waals surface area contributed by atoms with E-state index < -0.39 is 17.7 Å². The van der Waals surface area contributed by atoms with Crippen LogP contribution in [0, 0.1) is 6.92 Å². The highest BCUT2D eigenvalue weighted by Crippen LogP contribution is 2.43. The van der Waals surface area contributed by atoms with E-state index in [-0.39, 0.29) is 17.4 Å². The van der Waals surface area contributed by atoms with Gasteiger partial charge < -0.3 is 14.7 Å². The van der Waals surface area contributed by atoms with Gasteiger partial charge in [0.05, 0.1) is 17.7 Å². The summed E-state index contributed by atoms with van der Waals surface area (Å²) in [5, 5.41) is 11.3. The molecule has 6 nitrogen and oxygen atoms in total. The predicted octanol–water partition coefficient (Wildman–Crippen LogP) is 5.47. The van der Waals surface area contributed by atoms with E-state index in [1.165, 1.54) is 4.90 Å². The van der Waals surface area contributed by atoms with Crippen molar-refractivity contribution >= 4 is 28.8 Å². The quantitative estimate of drug-likeness (QED) is 0.294. The largest absolute Gasteiger partial charge is 0.507 e. The Balaban J connectivity index is 1.87. The van der Waals surface area contributed by atoms with Crippen LogP contribution in [0.25, 0.3) is 5.76 Å². The van der Waals surface area contributed by atoms with Gasteiger partial charge >= 0.3 is 0 Å². The van der Waals surface area contributed by atoms with Gasteiger partial charge in [0.1, 0.15) is 11.5 Å². The molecule has 1 aliphatic heterocycles. The van der Waals surface area contributed by atoms with Crippen LogP contribution in [0.4, 0.5) is 11.4 Å². The monoisotopic (exact) mass is 470 g/mol. The molecule has 0 spiro atoms. The van der Waals surface area contributed by atoms with Gasteiger partial charge in [-0.25, -0.2) is 0 Å². The molecule has 1 fully saturated rings. The molecule has 1 amide bonds. The zero-order chi connectivity index (χ0) is 25.3. The van der Waals surface area contributed by atoms with Gasteiger partial charge in [-0.1, -0.05) is 30.3 Å². The van der Waals surface area contributed by atoms with Crippen LogP contribution < -0.4 is 14.5 Å². The standard InChI is InChI=1S/C29H30N2O4/c1-18(2)35-23-16-12-21(13-17-23)27(32)25-26(20-10-14-22(15-11-20)30(4)5)31(29(34)28(25)33)24-9-7-6-8-19(24)3/h6-18,26,32H,1-5H3/b27-25-. The number of hydrogen-bond donors (Lipinski definition) is 1. The molecule has 0 aromatic heterocycles. The van der Waals surface area contributed by atoms with Gasteiger partial charge in [-0.2, -0.15) is 0 Å². The molecule has 0 saturated carbocycles. The third-order valence-electron chi connectivity index (χ3n) is 6.04. The molecule has 3 aromatic rings. The van der Waals surface area contributed by atoms with Crippen molar-refractivity contribution in [1.82, 2.24) is 0 Å². The van der Waals surface area contributed by atoms with E-state index in [2.05, 4.69) is 0 Å². The van der Waals surface area contributed by atoms with Crippen molar-refractivity contribution in [2.24, 2.45) is 0 Å². The van der Waals surface area contributed by atoms with Crippen LogP contribution in [0.2, 0.25) is 0 Å². The molecule has 0 radical (unpaired) electrons. The van der Waals surface area contributed by atoms with Crippen LogP contribution in [0.15, 0.2) is 78.4 Å². The first kappa shape index (κ1) is 24.1. The Hall–Kier alpha value is -4.06. The first-order valence-electron chi connectivity index (χ1n) is 11.6. The van der Waals surface area contributed by atoms with Crippen LogP contribution in [0.5, 0.6) is 5.75 Å². The fourth-order valence-corrected chi connectivity index (χ4v) is 4.30. The molecule has 1 atom stereocenters. The van der Waals surface area contributed by atoms with Crippen molar-refractivity contribution in [3.8, 4) is 5.75 Å². The van der Waals surface area contributed by atoms with Crippen molar-refractivity contribution in [3.63, 3.8) is 0 Å². The van der Waals surface area contributed by atoms with Crippen LogP contribution in [0.3, 0.4) is 0 Å². The fourth-order valence-electron chi connectivity index (χ4n) is 4.30. The molecule has 0 aliphatic carbocycles. The number of ether oxygens (including phenoxy) is 1. The molecule has 4 rings (SSSR count). The third-order valence-corrected chi connectivity index (χ3v) is 6.04. The second-order valence-electron chi connectivity index (χ2n) is 9.13. The summed E-state index contributed by atoms with van der Waals surface area (Å²) >= 11 is 0. The maximum absolute atomic E-state index is 13.3. The number of nitrogens with zero attached hydrogens (tertiary/aromatic N) is 2. The topological polar surface area (TPSA) is 70.1 Å². The Kier molecular flexibility index (Phi) is 6.65. The Labute approximate surface area is 206 Å². The molecule has 1 unspecified atom stereocenters. The highest BCUT2D eigenvalue weighted by molar-refractivity contribution is 6.51. The zero-order valence-corrected chi connectivity index (χ0v) is 20.6. The van der Waals surface area contributed by atoms with Gasteiger partial charge in [0.15, 0.2) is 0 Å². The molecule has 1 aliphatic rings. The number of anilines is 2. The van der Waals surface area contributed by atoms with Crippen LogP contribution >= 0.6 is 0 Å². The molecular formula is C29H30N2O4. The second-order valence-corrected chi connectivity index (χ2v) is 9.13. The molecule has 1 saturated heterocycles. The van der Waals surface area contributed by atoms with Gasteiger partial charge in [0, 0.05) is 31.0 Å². The molecule has 1 heterocycles. The fraction of sp³-hybridized carbons (Fsp3) is 0.241. The number of benzene rings is 3. The minimum absolute atomic E-state index is 0.0130. The van der Waals surface area contributed by atoms with Gasteiger partial charge in [-0.15, -0.1) is 0 Å². The maximum Gasteiger partial charge on any atom is 0.300 e. The Morgan fingerprint density at radius 1 is 0.943 bits per heavy atom. The molecule has 6 heteroatoms. The Morgan fingerprint density at radius 2 is 1.57 bits per heavy atom. The van der Waals surface area contributed by atoms with Crippen molar-refractivity contribution in [1.29, 1.82) is 0 Å². The van der Waals surface area contributed by atoms with Crippen molar-refractivity contribution < 1.29 is 19.4 Å². The summed E-state index contributed by atoms with van der Waals surface area (Å²) in [5.41, 5.74) is 3.73. The van der Waals surface area contributed by atoms with E-state index in [0.29, 0.717) is 17.0 Å². The molecule has 3 aromatic carbocycles. The Morgan fingerprint density at radius 3 is 2.14 bits per heavy atom. The number of Topliss-reactive ketones (excluding diaryl/α,β-unsaturated/α-hetero) is 1. The van der Waals surface area contributed by atoms with E-state index in [0.717, 1.165) is 16.8 Å². The summed E-state index contributed by atoms with van der Waals surface area (Å²) in [7, 11) is 3.89. The first-order chi connectivity index (χ1) is 16.7. The SMILES string of the molecule is Cc1ccccc1N1C(=O)C(=O)/C(=C(\O)c2ccc(OC(C)C)cc2)C1c1ccc(N(C)C)cc1. The van der Waals surface area contributed by atoms with Gasteiger partial charge in [0.25, 0.3) is 11.7 Å². The summed E-state index contributed by atoms with van der Waals surface area (Å²) in [5.74, 6) is -0.929. The summed E-state index contributed by atoms with van der Waals surface area (Å²) in [4.78, 5) is 30.2. The average molecular weight is 471 g/mol. The highest BCUT2D eigenvalue weighted by atomic mass is 16.5. The lowest BCUT2D eigenvalue weighted by Crippen LogP contribution is -2.30. The number of aliphatic hydroxyl groups excluding tert-OH is 1. The van der Waals surface area contributed by atoms with E-state index in [9.17, 15) is 14.7 Å². The minimum atomic E-state index is -0.765. The lowest BCUT2D eigenvalue weighted by molar-refractivity contribution is -0.132. The number of para-hydroxylation sites is 1. The van der Waals surface area contributed by atoms with Crippen LogP contribution in [-0.4, -0.2) is 37.0 Å². The minimum Gasteiger partial charge on any atom is -0.507 e. The number of ketones is 1. The number of amides is 1. The summed E-state index contributed by atoms with van der Waals surface area (Å²) < 4.78 is 5.69. The molecule has 0 bridgehead atoms. The highest BCUT2D eigenvalue weighted by Gasteiger charge is 2.47. The van der Waals surface area contributed by atoms with Gasteiger partial charge in [-0.3, -0.25) is 14.5 Å². The smallest absolute Gasteiger partial charge is 0.300 e. The molecule has 1 N–H and O–H groups in total. The Bertz CT molecular complexity index is 1270. The number of hydrogen-bond acceptors (Lipinski definition) is 5. The summed E-state index contributed by atoms with van der Waals surface area (Å²) in [6.07, 6.45) is 0.0130. The summed E-state index contributed by atoms with van der Waals surface area (Å²) in [6.45, 7) is 5.76. The number of aryl methyl sites for hydroxylation is 1. The van der Waals surface area contributed by atoms with E-state index in [1.807, 2.05) is 88.3 Å². The van der Waals surface area contributed by atoms with Crippen LogP contribution in [0.1, 0.15) is 36.6 Å². The lowest BCUT2D eigenvalue weighted by atomic mass is 9.94. The number of carbonyl (C=O) groups excluding carboxylic acids is 2. The van der Waals surface area contributed by atoms with Gasteiger partial charge in [-0.05, 0) is 74.4 Å². The first-order valence-corrected chi connectivity index (χ1v) is 11.6. The second kappa shape index (κ2) is 9.66. The normalized spacial score (nSPS) is 17.2. The lowest BCUT2D eigenvalue weighted by Gasteiger charge is -2.27. The predicted molar refractivity (Wildman–Crippen MR) is 139 cm³/mol. The van der Waals surface area contributed by atoms with Crippen molar-refractivity contribution in [2.45, 2.75) is 32.9 Å². The summed E-state index contributed by atoms with van der Waals surface area (Å²) in [6, 6.07) is 21.2. The number of rotatable bonds is 6. The van der Waals surface area contributed by atoms with E-state index >= 15 is 0 Å². The average Bonchev–Trinajstić information content (AvgIpc) is 3.09. The number of carbonyl (C=O) groups is 2. The molecule has 35 heavy (non-hydrogen) atoms.